The number of thiazole rings is 1. The van der Waals surface area contributed by atoms with Gasteiger partial charge in [0.2, 0.25) is 0 Å². The van der Waals surface area contributed by atoms with Crippen molar-refractivity contribution in [2.45, 2.75) is 25.2 Å². The normalized spacial score (nSPS) is 17.6. The molecule has 0 aliphatic carbocycles. The highest BCUT2D eigenvalue weighted by Crippen LogP contribution is 2.33. The Morgan fingerprint density at radius 2 is 2.12 bits per heavy atom. The first-order valence-electron chi connectivity index (χ1n) is 7.28. The summed E-state index contributed by atoms with van der Waals surface area (Å²) in [5.41, 5.74) is -0.868. The first-order valence-corrected chi connectivity index (χ1v) is 8.89. The van der Waals surface area contributed by atoms with Gasteiger partial charge in [-0.1, -0.05) is 17.4 Å². The number of anilines is 1. The summed E-state index contributed by atoms with van der Waals surface area (Å²) in [6, 6.07) is 2.86. The smallest absolute Gasteiger partial charge is 0.346 e. The highest BCUT2D eigenvalue weighted by atomic mass is 79.9. The van der Waals surface area contributed by atoms with Gasteiger partial charge in [0.25, 0.3) is 0 Å². The lowest BCUT2D eigenvalue weighted by Crippen LogP contribution is -2.32. The quantitative estimate of drug-likeness (QED) is 0.661. The molecule has 0 saturated carbocycles. The molecule has 1 aliphatic heterocycles. The minimum absolute atomic E-state index is 0. The van der Waals surface area contributed by atoms with Gasteiger partial charge in [0.05, 0.1) is 15.5 Å². The molecule has 0 spiro atoms. The van der Waals surface area contributed by atoms with Crippen LogP contribution in [0.15, 0.2) is 28.2 Å². The van der Waals surface area contributed by atoms with E-state index in [4.69, 9.17) is 0 Å². The first-order chi connectivity index (χ1) is 11.3. The minimum atomic E-state index is -4.56. The summed E-state index contributed by atoms with van der Waals surface area (Å²) in [6.45, 7) is 1.53. The van der Waals surface area contributed by atoms with Gasteiger partial charge in [-0.05, 0) is 40.0 Å². The molecular formula is C15H15BrClF4N3S. The number of benzene rings is 1. The van der Waals surface area contributed by atoms with E-state index >= 15 is 0 Å². The Morgan fingerprint density at radius 1 is 1.36 bits per heavy atom. The van der Waals surface area contributed by atoms with E-state index in [9.17, 15) is 17.6 Å². The SMILES string of the molecule is Cl.Fc1ccc(CNC2CCN(c3ncc(Br)s3)C2)c(C(F)(F)F)c1. The molecule has 0 bridgehead atoms. The fourth-order valence-electron chi connectivity index (χ4n) is 2.71. The molecule has 1 fully saturated rings. The van der Waals surface area contributed by atoms with Gasteiger partial charge >= 0.3 is 6.18 Å². The van der Waals surface area contributed by atoms with Gasteiger partial charge < -0.3 is 10.2 Å². The van der Waals surface area contributed by atoms with Crippen LogP contribution in [0.3, 0.4) is 0 Å². The molecule has 1 aromatic heterocycles. The molecule has 1 saturated heterocycles. The summed E-state index contributed by atoms with van der Waals surface area (Å²) < 4.78 is 53.1. The highest BCUT2D eigenvalue weighted by Gasteiger charge is 2.34. The van der Waals surface area contributed by atoms with Gasteiger partial charge in [0.1, 0.15) is 5.82 Å². The van der Waals surface area contributed by atoms with Crippen LogP contribution in [0.25, 0.3) is 0 Å². The summed E-state index contributed by atoms with van der Waals surface area (Å²) in [5.74, 6) is -0.882. The van der Waals surface area contributed by atoms with Crippen LogP contribution < -0.4 is 10.2 Å². The fraction of sp³-hybridized carbons (Fsp3) is 0.400. The molecule has 3 rings (SSSR count). The molecule has 1 unspecified atom stereocenters. The van der Waals surface area contributed by atoms with Crippen LogP contribution in [0.5, 0.6) is 0 Å². The third-order valence-corrected chi connectivity index (χ3v) is 5.42. The molecule has 0 radical (unpaired) electrons. The van der Waals surface area contributed by atoms with Crippen molar-refractivity contribution in [3.05, 3.63) is 45.1 Å². The molecule has 1 aliphatic rings. The summed E-state index contributed by atoms with van der Waals surface area (Å²) >= 11 is 4.89. The van der Waals surface area contributed by atoms with Crippen LogP contribution >= 0.6 is 39.7 Å². The number of hydrogen-bond donors (Lipinski definition) is 1. The van der Waals surface area contributed by atoms with Crippen LogP contribution in [0.4, 0.5) is 22.7 Å². The second-order valence-corrected chi connectivity index (χ2v) is 7.95. The lowest BCUT2D eigenvalue weighted by Gasteiger charge is -2.18. The van der Waals surface area contributed by atoms with Gasteiger partial charge in [-0.3, -0.25) is 0 Å². The summed E-state index contributed by atoms with van der Waals surface area (Å²) in [5, 5.41) is 4.03. The predicted molar refractivity (Wildman–Crippen MR) is 95.9 cm³/mol. The van der Waals surface area contributed by atoms with E-state index < -0.39 is 17.6 Å². The second-order valence-electron chi connectivity index (χ2n) is 5.56. The molecule has 1 aromatic carbocycles. The van der Waals surface area contributed by atoms with E-state index in [2.05, 4.69) is 31.1 Å². The molecule has 138 valence electrons. The Kier molecular flexibility index (Phi) is 6.69. The Balaban J connectivity index is 0.00000225. The lowest BCUT2D eigenvalue weighted by atomic mass is 10.1. The number of nitrogens with one attached hydrogen (secondary N) is 1. The number of hydrogen-bond acceptors (Lipinski definition) is 4. The Labute approximate surface area is 161 Å². The maximum absolute atomic E-state index is 13.1. The number of aromatic nitrogens is 1. The topological polar surface area (TPSA) is 28.2 Å². The maximum atomic E-state index is 13.1. The van der Waals surface area contributed by atoms with Crippen molar-refractivity contribution in [1.82, 2.24) is 10.3 Å². The van der Waals surface area contributed by atoms with Crippen LogP contribution in [0.2, 0.25) is 0 Å². The van der Waals surface area contributed by atoms with E-state index in [-0.39, 0.29) is 30.6 Å². The zero-order valence-electron chi connectivity index (χ0n) is 12.8. The number of halogens is 6. The van der Waals surface area contributed by atoms with Gasteiger partial charge in [-0.2, -0.15) is 13.2 Å². The number of nitrogens with zero attached hydrogens (tertiary/aromatic N) is 2. The standard InChI is InChI=1S/C15H14BrF4N3S.ClH/c16-13-7-22-14(24-13)23-4-3-11(8-23)21-6-9-1-2-10(17)5-12(9)15(18,19)20;/h1-2,5,7,11,21H,3-4,6,8H2;1H. The zero-order valence-corrected chi connectivity index (χ0v) is 16.0. The molecule has 25 heavy (non-hydrogen) atoms. The van der Waals surface area contributed by atoms with E-state index in [0.717, 1.165) is 27.9 Å². The Hall–Kier alpha value is -0.900. The molecule has 2 aromatic rings. The van der Waals surface area contributed by atoms with Crippen LogP contribution in [-0.2, 0) is 12.7 Å². The molecule has 1 atom stereocenters. The Morgan fingerprint density at radius 3 is 2.76 bits per heavy atom. The maximum Gasteiger partial charge on any atom is 0.416 e. The van der Waals surface area contributed by atoms with Crippen molar-refractivity contribution >= 4 is 44.8 Å². The van der Waals surface area contributed by atoms with Crippen molar-refractivity contribution < 1.29 is 17.6 Å². The van der Waals surface area contributed by atoms with Gasteiger partial charge in [-0.25, -0.2) is 9.37 Å². The summed E-state index contributed by atoms with van der Waals surface area (Å²) in [7, 11) is 0. The number of rotatable bonds is 4. The molecule has 0 amide bonds. The van der Waals surface area contributed by atoms with Crippen molar-refractivity contribution in [2.24, 2.45) is 0 Å². The molecule has 2 heterocycles. The van der Waals surface area contributed by atoms with Crippen LogP contribution in [0, 0.1) is 5.82 Å². The third-order valence-electron chi connectivity index (χ3n) is 3.88. The zero-order chi connectivity index (χ0) is 17.3. The monoisotopic (exact) mass is 459 g/mol. The van der Waals surface area contributed by atoms with E-state index in [1.807, 2.05) is 0 Å². The lowest BCUT2D eigenvalue weighted by molar-refractivity contribution is -0.138. The highest BCUT2D eigenvalue weighted by molar-refractivity contribution is 9.11. The van der Waals surface area contributed by atoms with E-state index in [1.165, 1.54) is 17.4 Å². The third kappa shape index (κ3) is 5.06. The Bertz CT molecular complexity index is 725. The molecule has 3 nitrogen and oxygen atoms in total. The van der Waals surface area contributed by atoms with Gasteiger partial charge in [0.15, 0.2) is 5.13 Å². The van der Waals surface area contributed by atoms with Crippen molar-refractivity contribution in [1.29, 1.82) is 0 Å². The minimum Gasteiger partial charge on any atom is -0.346 e. The number of alkyl halides is 3. The first kappa shape index (κ1) is 20.4. The van der Waals surface area contributed by atoms with Crippen LogP contribution in [0.1, 0.15) is 17.5 Å². The van der Waals surface area contributed by atoms with Crippen molar-refractivity contribution in [3.63, 3.8) is 0 Å². The van der Waals surface area contributed by atoms with Crippen molar-refractivity contribution in [3.8, 4) is 0 Å². The van der Waals surface area contributed by atoms with E-state index in [1.54, 1.807) is 6.20 Å². The average molecular weight is 461 g/mol. The average Bonchev–Trinajstić information content (AvgIpc) is 3.13. The molecule has 1 N–H and O–H groups in total. The van der Waals surface area contributed by atoms with Gasteiger partial charge in [-0.15, -0.1) is 12.4 Å². The van der Waals surface area contributed by atoms with Crippen molar-refractivity contribution in [2.75, 3.05) is 18.0 Å². The fourth-order valence-corrected chi connectivity index (χ4v) is 3.93. The second kappa shape index (κ2) is 8.20. The molecule has 10 heteroatoms. The summed E-state index contributed by atoms with van der Waals surface area (Å²) in [6.07, 6.45) is -2.01. The van der Waals surface area contributed by atoms with Gasteiger partial charge in [0, 0.05) is 25.7 Å². The largest absolute Gasteiger partial charge is 0.416 e. The van der Waals surface area contributed by atoms with Crippen LogP contribution in [-0.4, -0.2) is 24.1 Å². The summed E-state index contributed by atoms with van der Waals surface area (Å²) in [4.78, 5) is 6.39. The predicted octanol–water partition coefficient (Wildman–Crippen LogP) is 4.85. The van der Waals surface area contributed by atoms with E-state index in [0.29, 0.717) is 12.6 Å². The molecular weight excluding hydrogens is 446 g/mol.